The van der Waals surface area contributed by atoms with E-state index in [2.05, 4.69) is 31.2 Å². The highest BCUT2D eigenvalue weighted by Crippen LogP contribution is 2.30. The molecule has 0 bridgehead atoms. The van der Waals surface area contributed by atoms with Crippen molar-refractivity contribution in [2.75, 3.05) is 13.2 Å². The molecule has 3 rings (SSSR count). The summed E-state index contributed by atoms with van der Waals surface area (Å²) in [4.78, 5) is 11.1. The van der Waals surface area contributed by atoms with Crippen LogP contribution >= 0.6 is 0 Å². The minimum absolute atomic E-state index is 0.0197. The highest BCUT2D eigenvalue weighted by Gasteiger charge is 2.36. The molecule has 5 heteroatoms. The Morgan fingerprint density at radius 3 is 2.23 bits per heavy atom. The standard InChI is InChI=1S/C25H32O5/c1-19-15-24(29-17-22-11-7-4-8-12-22)25(30-23(19)13-14-28-20(2)26)18-27-16-21-9-5-3-6-10-21/h3-12,19,23-25H,13-18H2,1-2H3/t19-,23-,24-,25+/m0/s1. The number of hydrogen-bond donors (Lipinski definition) is 0. The van der Waals surface area contributed by atoms with Gasteiger partial charge < -0.3 is 18.9 Å². The Morgan fingerprint density at radius 2 is 1.60 bits per heavy atom. The van der Waals surface area contributed by atoms with Crippen LogP contribution in [0.5, 0.6) is 0 Å². The van der Waals surface area contributed by atoms with Gasteiger partial charge in [-0.3, -0.25) is 4.79 Å². The number of esters is 1. The van der Waals surface area contributed by atoms with Gasteiger partial charge in [-0.05, 0) is 23.5 Å². The van der Waals surface area contributed by atoms with Gasteiger partial charge in [-0.15, -0.1) is 0 Å². The zero-order valence-electron chi connectivity index (χ0n) is 17.9. The summed E-state index contributed by atoms with van der Waals surface area (Å²) in [5.41, 5.74) is 2.28. The van der Waals surface area contributed by atoms with Crippen LogP contribution in [0.4, 0.5) is 0 Å². The largest absolute Gasteiger partial charge is 0.466 e. The van der Waals surface area contributed by atoms with E-state index in [1.165, 1.54) is 6.92 Å². The first kappa shape index (κ1) is 22.5. The number of hydrogen-bond acceptors (Lipinski definition) is 5. The van der Waals surface area contributed by atoms with Gasteiger partial charge in [0.15, 0.2) is 0 Å². The predicted molar refractivity (Wildman–Crippen MR) is 115 cm³/mol. The summed E-state index contributed by atoms with van der Waals surface area (Å²) in [5, 5.41) is 0. The van der Waals surface area contributed by atoms with Crippen molar-refractivity contribution in [3.63, 3.8) is 0 Å². The summed E-state index contributed by atoms with van der Waals surface area (Å²) >= 11 is 0. The van der Waals surface area contributed by atoms with Crippen molar-refractivity contribution in [3.8, 4) is 0 Å². The molecule has 1 aliphatic rings. The van der Waals surface area contributed by atoms with E-state index in [4.69, 9.17) is 18.9 Å². The Kier molecular flexibility index (Phi) is 8.87. The van der Waals surface area contributed by atoms with Crippen LogP contribution in [0.2, 0.25) is 0 Å². The minimum atomic E-state index is -0.259. The van der Waals surface area contributed by atoms with Gasteiger partial charge in [0, 0.05) is 13.3 Å². The first-order valence-corrected chi connectivity index (χ1v) is 10.7. The van der Waals surface area contributed by atoms with Crippen LogP contribution in [-0.4, -0.2) is 37.5 Å². The van der Waals surface area contributed by atoms with E-state index in [1.54, 1.807) is 0 Å². The Hall–Kier alpha value is -2.21. The minimum Gasteiger partial charge on any atom is -0.466 e. The van der Waals surface area contributed by atoms with Crippen LogP contribution in [0.3, 0.4) is 0 Å². The molecule has 0 spiro atoms. The normalized spacial score (nSPS) is 23.8. The lowest BCUT2D eigenvalue weighted by atomic mass is 9.89. The fourth-order valence-electron chi connectivity index (χ4n) is 3.75. The Balaban J connectivity index is 1.57. The Bertz CT molecular complexity index is 749. The van der Waals surface area contributed by atoms with Crippen LogP contribution in [0, 0.1) is 5.92 Å². The second-order valence-corrected chi connectivity index (χ2v) is 7.89. The monoisotopic (exact) mass is 412 g/mol. The summed E-state index contributed by atoms with van der Waals surface area (Å²) < 4.78 is 23.7. The molecule has 0 amide bonds. The zero-order chi connectivity index (χ0) is 21.2. The maximum absolute atomic E-state index is 11.1. The molecule has 0 saturated carbocycles. The van der Waals surface area contributed by atoms with E-state index in [9.17, 15) is 4.79 Å². The van der Waals surface area contributed by atoms with E-state index < -0.39 is 0 Å². The number of carbonyl (C=O) groups is 1. The maximum Gasteiger partial charge on any atom is 0.302 e. The summed E-state index contributed by atoms with van der Waals surface area (Å²) in [6, 6.07) is 20.3. The van der Waals surface area contributed by atoms with Crippen molar-refractivity contribution < 1.29 is 23.7 Å². The first-order chi connectivity index (χ1) is 14.6. The van der Waals surface area contributed by atoms with Gasteiger partial charge in [0.2, 0.25) is 0 Å². The van der Waals surface area contributed by atoms with E-state index in [0.29, 0.717) is 38.8 Å². The van der Waals surface area contributed by atoms with Gasteiger partial charge in [-0.2, -0.15) is 0 Å². The molecule has 0 aliphatic carbocycles. The highest BCUT2D eigenvalue weighted by atomic mass is 16.6. The SMILES string of the molecule is CC(=O)OCC[C@@H]1O[C@H](COCc2ccccc2)[C@@H](OCc2ccccc2)C[C@@H]1C. The molecule has 1 fully saturated rings. The molecule has 0 aromatic heterocycles. The molecule has 5 nitrogen and oxygen atoms in total. The molecule has 1 heterocycles. The molecule has 0 radical (unpaired) electrons. The van der Waals surface area contributed by atoms with Gasteiger partial charge in [0.25, 0.3) is 0 Å². The number of benzene rings is 2. The molecule has 30 heavy (non-hydrogen) atoms. The maximum atomic E-state index is 11.1. The lowest BCUT2D eigenvalue weighted by Crippen LogP contribution is -2.47. The van der Waals surface area contributed by atoms with E-state index in [-0.39, 0.29) is 24.3 Å². The molecule has 1 aliphatic heterocycles. The Morgan fingerprint density at radius 1 is 0.967 bits per heavy atom. The molecule has 4 atom stereocenters. The molecular formula is C25H32O5. The molecular weight excluding hydrogens is 380 g/mol. The van der Waals surface area contributed by atoms with Crippen molar-refractivity contribution in [2.45, 2.75) is 58.2 Å². The van der Waals surface area contributed by atoms with Gasteiger partial charge in [0.05, 0.1) is 38.6 Å². The van der Waals surface area contributed by atoms with Crippen LogP contribution in [0.1, 0.15) is 37.8 Å². The van der Waals surface area contributed by atoms with Crippen molar-refractivity contribution >= 4 is 5.97 Å². The van der Waals surface area contributed by atoms with Crippen molar-refractivity contribution in [1.82, 2.24) is 0 Å². The molecule has 2 aromatic carbocycles. The van der Waals surface area contributed by atoms with Crippen molar-refractivity contribution in [3.05, 3.63) is 71.8 Å². The number of carbonyl (C=O) groups excluding carboxylic acids is 1. The van der Waals surface area contributed by atoms with Gasteiger partial charge in [-0.25, -0.2) is 0 Å². The van der Waals surface area contributed by atoms with Gasteiger partial charge in [-0.1, -0.05) is 67.6 Å². The average molecular weight is 413 g/mol. The number of ether oxygens (including phenoxy) is 4. The quantitative estimate of drug-likeness (QED) is 0.537. The van der Waals surface area contributed by atoms with Crippen molar-refractivity contribution in [1.29, 1.82) is 0 Å². The average Bonchev–Trinajstić information content (AvgIpc) is 2.75. The van der Waals surface area contributed by atoms with Gasteiger partial charge >= 0.3 is 5.97 Å². The highest BCUT2D eigenvalue weighted by molar-refractivity contribution is 5.65. The lowest BCUT2D eigenvalue weighted by molar-refractivity contribution is -0.187. The predicted octanol–water partition coefficient (Wildman–Crippen LogP) is 4.54. The summed E-state index contributed by atoms with van der Waals surface area (Å²) in [5.74, 6) is 0.0528. The zero-order valence-corrected chi connectivity index (χ0v) is 17.9. The molecule has 1 saturated heterocycles. The second-order valence-electron chi connectivity index (χ2n) is 7.89. The molecule has 2 aromatic rings. The smallest absolute Gasteiger partial charge is 0.302 e. The summed E-state index contributed by atoms with van der Waals surface area (Å²) in [6.45, 7) is 5.52. The second kappa shape index (κ2) is 11.8. The Labute approximate surface area is 179 Å². The third-order valence-electron chi connectivity index (χ3n) is 5.41. The van der Waals surface area contributed by atoms with E-state index >= 15 is 0 Å². The van der Waals surface area contributed by atoms with E-state index in [1.807, 2.05) is 36.4 Å². The van der Waals surface area contributed by atoms with Gasteiger partial charge in [0.1, 0.15) is 6.10 Å². The fraction of sp³-hybridized carbons (Fsp3) is 0.480. The number of rotatable bonds is 10. The third kappa shape index (κ3) is 7.24. The van der Waals surface area contributed by atoms with Crippen LogP contribution in [-0.2, 0) is 37.0 Å². The first-order valence-electron chi connectivity index (χ1n) is 10.7. The molecule has 0 N–H and O–H groups in total. The van der Waals surface area contributed by atoms with Crippen LogP contribution in [0.25, 0.3) is 0 Å². The van der Waals surface area contributed by atoms with Crippen LogP contribution < -0.4 is 0 Å². The molecule has 162 valence electrons. The third-order valence-corrected chi connectivity index (χ3v) is 5.41. The van der Waals surface area contributed by atoms with Crippen LogP contribution in [0.15, 0.2) is 60.7 Å². The summed E-state index contributed by atoms with van der Waals surface area (Å²) in [7, 11) is 0. The fourth-order valence-corrected chi connectivity index (χ4v) is 3.75. The van der Waals surface area contributed by atoms with Crippen molar-refractivity contribution in [2.24, 2.45) is 5.92 Å². The van der Waals surface area contributed by atoms with E-state index in [0.717, 1.165) is 17.5 Å². The summed E-state index contributed by atoms with van der Waals surface area (Å²) in [6.07, 6.45) is 1.39. The molecule has 0 unspecified atom stereocenters. The lowest BCUT2D eigenvalue weighted by Gasteiger charge is -2.40. The topological polar surface area (TPSA) is 54.0 Å².